The molecule has 1 aromatic carbocycles. The molecule has 0 radical (unpaired) electrons. The molecule has 6 heteroatoms. The molecule has 2 unspecified atom stereocenters. The van der Waals surface area contributed by atoms with Gasteiger partial charge in [-0.2, -0.15) is 0 Å². The van der Waals surface area contributed by atoms with E-state index in [9.17, 15) is 9.59 Å². The minimum Gasteiger partial charge on any atom is -0.372 e. The first-order chi connectivity index (χ1) is 10.5. The number of carbonyl (C=O) groups is 2. The number of nitrogens with zero attached hydrogens (tertiary/aromatic N) is 1. The summed E-state index contributed by atoms with van der Waals surface area (Å²) in [5, 5.41) is 5.58. The van der Waals surface area contributed by atoms with Gasteiger partial charge < -0.3 is 20.3 Å². The highest BCUT2D eigenvalue weighted by Gasteiger charge is 2.25. The van der Waals surface area contributed by atoms with E-state index in [1.807, 2.05) is 20.8 Å². The third kappa shape index (κ3) is 4.21. The molecule has 1 aliphatic heterocycles. The molecule has 6 nitrogen and oxygen atoms in total. The largest absolute Gasteiger partial charge is 0.372 e. The third-order valence-electron chi connectivity index (χ3n) is 3.42. The van der Waals surface area contributed by atoms with E-state index in [1.165, 1.54) is 0 Å². The second-order valence-electron chi connectivity index (χ2n) is 5.53. The van der Waals surface area contributed by atoms with E-state index in [1.54, 1.807) is 29.2 Å². The van der Waals surface area contributed by atoms with Crippen molar-refractivity contribution in [2.45, 2.75) is 33.0 Å². The van der Waals surface area contributed by atoms with Crippen LogP contribution < -0.4 is 10.6 Å². The monoisotopic (exact) mass is 305 g/mol. The number of morpholine rings is 1. The SMILES string of the molecule is CCNC(=O)c1cccc(NC(=O)N2CC(C)OC(C)C2)c1. The van der Waals surface area contributed by atoms with Crippen molar-refractivity contribution in [2.24, 2.45) is 0 Å². The molecule has 3 amide bonds. The lowest BCUT2D eigenvalue weighted by Gasteiger charge is -2.35. The summed E-state index contributed by atoms with van der Waals surface area (Å²) in [5.74, 6) is -0.146. The Labute approximate surface area is 130 Å². The summed E-state index contributed by atoms with van der Waals surface area (Å²) in [6, 6.07) is 6.75. The first-order valence-electron chi connectivity index (χ1n) is 7.59. The van der Waals surface area contributed by atoms with E-state index in [0.29, 0.717) is 30.9 Å². The number of hydrogen-bond acceptors (Lipinski definition) is 3. The molecule has 2 atom stereocenters. The predicted molar refractivity (Wildman–Crippen MR) is 85.0 cm³/mol. The van der Waals surface area contributed by atoms with Crippen molar-refractivity contribution in [3.05, 3.63) is 29.8 Å². The number of hydrogen-bond donors (Lipinski definition) is 2. The zero-order valence-electron chi connectivity index (χ0n) is 13.3. The van der Waals surface area contributed by atoms with Gasteiger partial charge in [0.25, 0.3) is 5.91 Å². The first-order valence-corrected chi connectivity index (χ1v) is 7.59. The van der Waals surface area contributed by atoms with Gasteiger partial charge in [0, 0.05) is 30.9 Å². The van der Waals surface area contributed by atoms with Crippen LogP contribution >= 0.6 is 0 Å². The molecule has 1 heterocycles. The van der Waals surface area contributed by atoms with Crippen LogP contribution in [0.25, 0.3) is 0 Å². The molecule has 0 bridgehead atoms. The maximum Gasteiger partial charge on any atom is 0.322 e. The number of nitrogens with one attached hydrogen (secondary N) is 2. The Morgan fingerprint density at radius 1 is 1.27 bits per heavy atom. The Hall–Kier alpha value is -2.08. The van der Waals surface area contributed by atoms with Gasteiger partial charge in [0.15, 0.2) is 0 Å². The molecule has 0 aromatic heterocycles. The van der Waals surface area contributed by atoms with Gasteiger partial charge in [-0.25, -0.2) is 4.79 Å². The quantitative estimate of drug-likeness (QED) is 0.898. The number of rotatable bonds is 3. The van der Waals surface area contributed by atoms with Crippen LogP contribution in [-0.4, -0.2) is 48.7 Å². The molecule has 2 rings (SSSR count). The fraction of sp³-hybridized carbons (Fsp3) is 0.500. The van der Waals surface area contributed by atoms with E-state index in [-0.39, 0.29) is 24.1 Å². The highest BCUT2D eigenvalue weighted by molar-refractivity contribution is 5.96. The smallest absolute Gasteiger partial charge is 0.322 e. The van der Waals surface area contributed by atoms with Gasteiger partial charge in [0.2, 0.25) is 0 Å². The zero-order valence-corrected chi connectivity index (χ0v) is 13.3. The number of carbonyl (C=O) groups excluding carboxylic acids is 2. The maximum absolute atomic E-state index is 12.3. The van der Waals surface area contributed by atoms with Gasteiger partial charge in [0.1, 0.15) is 0 Å². The van der Waals surface area contributed by atoms with E-state index in [4.69, 9.17) is 4.74 Å². The fourth-order valence-corrected chi connectivity index (χ4v) is 2.55. The summed E-state index contributed by atoms with van der Waals surface area (Å²) in [6.07, 6.45) is 0.0485. The van der Waals surface area contributed by atoms with Crippen molar-refractivity contribution in [1.82, 2.24) is 10.2 Å². The highest BCUT2D eigenvalue weighted by Crippen LogP contribution is 2.15. The second-order valence-corrected chi connectivity index (χ2v) is 5.53. The molecule has 0 spiro atoms. The van der Waals surface area contributed by atoms with Crippen molar-refractivity contribution in [3.8, 4) is 0 Å². The van der Waals surface area contributed by atoms with Crippen LogP contribution in [0.2, 0.25) is 0 Å². The molecular weight excluding hydrogens is 282 g/mol. The standard InChI is InChI=1S/C16H23N3O3/c1-4-17-15(20)13-6-5-7-14(8-13)18-16(21)19-9-11(2)22-12(3)10-19/h5-8,11-12H,4,9-10H2,1-3H3,(H,17,20)(H,18,21). The minimum absolute atomic E-state index is 0.0242. The highest BCUT2D eigenvalue weighted by atomic mass is 16.5. The van der Waals surface area contributed by atoms with Crippen LogP contribution in [0.4, 0.5) is 10.5 Å². The van der Waals surface area contributed by atoms with E-state index in [2.05, 4.69) is 10.6 Å². The summed E-state index contributed by atoms with van der Waals surface area (Å²) >= 11 is 0. The summed E-state index contributed by atoms with van der Waals surface area (Å²) in [7, 11) is 0. The predicted octanol–water partition coefficient (Wildman–Crippen LogP) is 2.08. The molecule has 1 aliphatic rings. The number of ether oxygens (including phenoxy) is 1. The lowest BCUT2D eigenvalue weighted by atomic mass is 10.2. The Morgan fingerprint density at radius 2 is 1.95 bits per heavy atom. The lowest BCUT2D eigenvalue weighted by Crippen LogP contribution is -2.49. The van der Waals surface area contributed by atoms with Gasteiger partial charge >= 0.3 is 6.03 Å². The first kappa shape index (κ1) is 16.3. The van der Waals surface area contributed by atoms with E-state index < -0.39 is 0 Å². The van der Waals surface area contributed by atoms with Crippen molar-refractivity contribution < 1.29 is 14.3 Å². The Balaban J connectivity index is 2.02. The molecule has 2 N–H and O–H groups in total. The molecule has 1 fully saturated rings. The maximum atomic E-state index is 12.3. The normalized spacial score (nSPS) is 21.3. The second kappa shape index (κ2) is 7.26. The van der Waals surface area contributed by atoms with E-state index >= 15 is 0 Å². The van der Waals surface area contributed by atoms with Crippen molar-refractivity contribution in [3.63, 3.8) is 0 Å². The Kier molecular flexibility index (Phi) is 5.38. The molecular formula is C16H23N3O3. The molecule has 0 saturated carbocycles. The molecule has 120 valence electrons. The number of benzene rings is 1. The third-order valence-corrected chi connectivity index (χ3v) is 3.42. The van der Waals surface area contributed by atoms with Crippen molar-refractivity contribution in [2.75, 3.05) is 25.0 Å². The number of urea groups is 1. The van der Waals surface area contributed by atoms with Gasteiger partial charge in [-0.1, -0.05) is 6.07 Å². The fourth-order valence-electron chi connectivity index (χ4n) is 2.55. The molecule has 1 saturated heterocycles. The molecule has 0 aliphatic carbocycles. The van der Waals surface area contributed by atoms with Crippen LogP contribution in [0.1, 0.15) is 31.1 Å². The average molecular weight is 305 g/mol. The van der Waals surface area contributed by atoms with E-state index in [0.717, 1.165) is 0 Å². The Bertz CT molecular complexity index is 537. The molecule has 22 heavy (non-hydrogen) atoms. The summed E-state index contributed by atoms with van der Waals surface area (Å²) in [4.78, 5) is 25.9. The van der Waals surface area contributed by atoms with Gasteiger partial charge in [0.05, 0.1) is 12.2 Å². The average Bonchev–Trinajstić information content (AvgIpc) is 2.46. The van der Waals surface area contributed by atoms with Crippen LogP contribution in [0, 0.1) is 0 Å². The summed E-state index contributed by atoms with van der Waals surface area (Å²) < 4.78 is 5.62. The van der Waals surface area contributed by atoms with Gasteiger partial charge in [-0.15, -0.1) is 0 Å². The minimum atomic E-state index is -0.171. The number of anilines is 1. The summed E-state index contributed by atoms with van der Waals surface area (Å²) in [5.41, 5.74) is 1.14. The van der Waals surface area contributed by atoms with Gasteiger partial charge in [-0.05, 0) is 39.0 Å². The topological polar surface area (TPSA) is 70.7 Å². The molecule has 1 aromatic rings. The number of amides is 3. The van der Waals surface area contributed by atoms with Crippen LogP contribution in [0.15, 0.2) is 24.3 Å². The summed E-state index contributed by atoms with van der Waals surface area (Å²) in [6.45, 7) is 7.46. The van der Waals surface area contributed by atoms with Crippen LogP contribution in [-0.2, 0) is 4.74 Å². The van der Waals surface area contributed by atoms with Gasteiger partial charge in [-0.3, -0.25) is 4.79 Å². The van der Waals surface area contributed by atoms with Crippen LogP contribution in [0.3, 0.4) is 0 Å². The van der Waals surface area contributed by atoms with Crippen LogP contribution in [0.5, 0.6) is 0 Å². The zero-order chi connectivity index (χ0) is 16.1. The Morgan fingerprint density at radius 3 is 2.59 bits per heavy atom. The van der Waals surface area contributed by atoms with Crippen molar-refractivity contribution in [1.29, 1.82) is 0 Å². The van der Waals surface area contributed by atoms with Crippen molar-refractivity contribution >= 4 is 17.6 Å². The lowest BCUT2D eigenvalue weighted by molar-refractivity contribution is -0.0530.